The van der Waals surface area contributed by atoms with E-state index in [-0.39, 0.29) is 5.91 Å². The van der Waals surface area contributed by atoms with Crippen molar-refractivity contribution in [3.63, 3.8) is 0 Å². The van der Waals surface area contributed by atoms with Crippen LogP contribution in [0.5, 0.6) is 11.5 Å². The van der Waals surface area contributed by atoms with Crippen LogP contribution in [0.15, 0.2) is 54.9 Å². The summed E-state index contributed by atoms with van der Waals surface area (Å²) in [5.74, 6) is 1.22. The van der Waals surface area contributed by atoms with E-state index in [1.165, 1.54) is 5.56 Å². The molecule has 0 saturated heterocycles. The lowest BCUT2D eigenvalue weighted by Gasteiger charge is -2.11. The number of carbonyl (C=O) groups is 1. The molecule has 0 fully saturated rings. The molecule has 1 aliphatic rings. The monoisotopic (exact) mass is 426 g/mol. The van der Waals surface area contributed by atoms with Crippen molar-refractivity contribution < 1.29 is 14.3 Å². The molecule has 0 radical (unpaired) electrons. The van der Waals surface area contributed by atoms with E-state index in [1.807, 2.05) is 42.5 Å². The number of pyridine rings is 1. The van der Waals surface area contributed by atoms with E-state index in [1.54, 1.807) is 25.6 Å². The third kappa shape index (κ3) is 3.80. The third-order valence-electron chi connectivity index (χ3n) is 5.48. The van der Waals surface area contributed by atoms with E-state index >= 15 is 0 Å². The van der Waals surface area contributed by atoms with Crippen molar-refractivity contribution in [2.75, 3.05) is 13.7 Å². The van der Waals surface area contributed by atoms with Crippen LogP contribution in [0.25, 0.3) is 23.1 Å². The van der Waals surface area contributed by atoms with Gasteiger partial charge in [-0.05, 0) is 53.1 Å². The summed E-state index contributed by atoms with van der Waals surface area (Å²) in [7, 11) is 1.56. The first-order chi connectivity index (χ1) is 15.7. The number of fused-ring (bicyclic) bond motifs is 2. The molecule has 5 rings (SSSR count). The van der Waals surface area contributed by atoms with E-state index in [9.17, 15) is 4.79 Å². The largest absolute Gasteiger partial charge is 0.495 e. The molecule has 0 bridgehead atoms. The van der Waals surface area contributed by atoms with Crippen molar-refractivity contribution in [3.05, 3.63) is 82.8 Å². The van der Waals surface area contributed by atoms with Gasteiger partial charge < -0.3 is 14.8 Å². The standard InChI is InChI=1S/C25H22N4O3/c1-31-24-19(25(30)27-15-17-3-2-11-26-14-17)6-8-21-23(24)20(28-29-21)7-4-16-5-9-22-18(13-16)10-12-32-22/h2-9,11,13-14H,10,12,15H2,1H3,(H,27,30)(H,28,29). The number of nitrogens with one attached hydrogen (secondary N) is 2. The summed E-state index contributed by atoms with van der Waals surface area (Å²) < 4.78 is 11.2. The second kappa shape index (κ2) is 8.55. The Labute approximate surface area is 185 Å². The van der Waals surface area contributed by atoms with E-state index < -0.39 is 0 Å². The average Bonchev–Trinajstić information content (AvgIpc) is 3.47. The maximum absolute atomic E-state index is 12.9. The molecular formula is C25H22N4O3. The van der Waals surface area contributed by atoms with Gasteiger partial charge >= 0.3 is 0 Å². The number of nitrogens with zero attached hydrogens (tertiary/aromatic N) is 2. The molecule has 0 unspecified atom stereocenters. The smallest absolute Gasteiger partial charge is 0.255 e. The topological polar surface area (TPSA) is 89.1 Å². The fourth-order valence-electron chi connectivity index (χ4n) is 3.88. The lowest BCUT2D eigenvalue weighted by molar-refractivity contribution is 0.0948. The first kappa shape index (κ1) is 19.8. The van der Waals surface area contributed by atoms with Gasteiger partial charge in [-0.15, -0.1) is 0 Å². The summed E-state index contributed by atoms with van der Waals surface area (Å²) in [6.45, 7) is 1.11. The molecule has 0 aliphatic carbocycles. The molecule has 160 valence electrons. The van der Waals surface area contributed by atoms with Gasteiger partial charge in [-0.2, -0.15) is 5.10 Å². The van der Waals surface area contributed by atoms with E-state index in [2.05, 4.69) is 26.6 Å². The van der Waals surface area contributed by atoms with Crippen molar-refractivity contribution in [2.24, 2.45) is 0 Å². The zero-order valence-corrected chi connectivity index (χ0v) is 17.6. The van der Waals surface area contributed by atoms with Crippen LogP contribution < -0.4 is 14.8 Å². The highest BCUT2D eigenvalue weighted by Crippen LogP contribution is 2.33. The second-order valence-corrected chi connectivity index (χ2v) is 7.52. The number of carbonyl (C=O) groups excluding carboxylic acids is 1. The van der Waals surface area contributed by atoms with E-state index in [0.717, 1.165) is 40.8 Å². The summed E-state index contributed by atoms with van der Waals surface area (Å²) in [4.78, 5) is 17.0. The SMILES string of the molecule is COc1c(C(=O)NCc2cccnc2)ccc2[nH]nc(C=Cc3ccc4c(c3)CCO4)c12. The van der Waals surface area contributed by atoms with Crippen LogP contribution in [0.4, 0.5) is 0 Å². The lowest BCUT2D eigenvalue weighted by atomic mass is 10.1. The summed E-state index contributed by atoms with van der Waals surface area (Å²) in [5, 5.41) is 11.1. The van der Waals surface area contributed by atoms with Gasteiger partial charge in [0.15, 0.2) is 0 Å². The minimum Gasteiger partial charge on any atom is -0.495 e. The highest BCUT2D eigenvalue weighted by molar-refractivity contribution is 6.05. The van der Waals surface area contributed by atoms with Crippen molar-refractivity contribution in [1.29, 1.82) is 0 Å². The van der Waals surface area contributed by atoms with Gasteiger partial charge in [-0.3, -0.25) is 14.9 Å². The normalized spacial score (nSPS) is 12.7. The molecule has 2 aromatic carbocycles. The molecule has 4 aromatic rings. The van der Waals surface area contributed by atoms with Gasteiger partial charge in [0.1, 0.15) is 11.5 Å². The third-order valence-corrected chi connectivity index (χ3v) is 5.48. The molecule has 2 N–H and O–H groups in total. The molecule has 7 nitrogen and oxygen atoms in total. The zero-order valence-electron chi connectivity index (χ0n) is 17.6. The molecule has 0 spiro atoms. The minimum absolute atomic E-state index is 0.220. The molecule has 1 aliphatic heterocycles. The number of benzene rings is 2. The van der Waals surface area contributed by atoms with E-state index in [4.69, 9.17) is 9.47 Å². The van der Waals surface area contributed by atoms with Crippen molar-refractivity contribution in [3.8, 4) is 11.5 Å². The molecule has 7 heteroatoms. The predicted octanol–water partition coefficient (Wildman–Crippen LogP) is 4.00. The van der Waals surface area contributed by atoms with Crippen LogP contribution in [0.2, 0.25) is 0 Å². The Kier molecular flexibility index (Phi) is 5.29. The number of hydrogen-bond donors (Lipinski definition) is 2. The van der Waals surface area contributed by atoms with Gasteiger partial charge in [0.2, 0.25) is 0 Å². The fraction of sp³-hybridized carbons (Fsp3) is 0.160. The number of ether oxygens (including phenoxy) is 2. The summed E-state index contributed by atoms with van der Waals surface area (Å²) in [6, 6.07) is 13.5. The average molecular weight is 426 g/mol. The van der Waals surface area contributed by atoms with Crippen molar-refractivity contribution in [1.82, 2.24) is 20.5 Å². The van der Waals surface area contributed by atoms with Gasteiger partial charge in [-0.1, -0.05) is 18.2 Å². The second-order valence-electron chi connectivity index (χ2n) is 7.52. The van der Waals surface area contributed by atoms with Gasteiger partial charge in [0.25, 0.3) is 5.91 Å². The molecule has 32 heavy (non-hydrogen) atoms. The summed E-state index contributed by atoms with van der Waals surface area (Å²) in [6.07, 6.45) is 8.28. The number of rotatable bonds is 6. The zero-order chi connectivity index (χ0) is 21.9. The lowest BCUT2D eigenvalue weighted by Crippen LogP contribution is -2.23. The van der Waals surface area contributed by atoms with Crippen molar-refractivity contribution in [2.45, 2.75) is 13.0 Å². The van der Waals surface area contributed by atoms with Crippen LogP contribution in [-0.4, -0.2) is 34.8 Å². The van der Waals surface area contributed by atoms with Gasteiger partial charge in [0, 0.05) is 25.4 Å². The molecular weight excluding hydrogens is 404 g/mol. The summed E-state index contributed by atoms with van der Waals surface area (Å²) in [5.41, 5.74) is 5.16. The fourth-order valence-corrected chi connectivity index (χ4v) is 3.88. The van der Waals surface area contributed by atoms with Crippen LogP contribution in [-0.2, 0) is 13.0 Å². The van der Waals surface area contributed by atoms with Crippen LogP contribution >= 0.6 is 0 Å². The minimum atomic E-state index is -0.220. The van der Waals surface area contributed by atoms with Gasteiger partial charge in [0.05, 0.1) is 35.9 Å². The number of amides is 1. The number of aromatic amines is 1. The number of hydrogen-bond acceptors (Lipinski definition) is 5. The predicted molar refractivity (Wildman–Crippen MR) is 123 cm³/mol. The van der Waals surface area contributed by atoms with Crippen LogP contribution in [0.3, 0.4) is 0 Å². The molecule has 0 saturated carbocycles. The molecule has 2 aromatic heterocycles. The van der Waals surface area contributed by atoms with E-state index in [0.29, 0.717) is 23.6 Å². The molecule has 1 amide bonds. The first-order valence-electron chi connectivity index (χ1n) is 10.4. The quantitative estimate of drug-likeness (QED) is 0.486. The Morgan fingerprint density at radius 2 is 2.19 bits per heavy atom. The highest BCUT2D eigenvalue weighted by Gasteiger charge is 2.19. The molecule has 0 atom stereocenters. The van der Waals surface area contributed by atoms with Gasteiger partial charge in [-0.25, -0.2) is 0 Å². The Balaban J connectivity index is 1.44. The molecule has 3 heterocycles. The van der Waals surface area contributed by atoms with Crippen LogP contribution in [0, 0.1) is 0 Å². The van der Waals surface area contributed by atoms with Crippen LogP contribution in [0.1, 0.15) is 32.7 Å². The Bertz CT molecular complexity index is 1310. The maximum atomic E-state index is 12.9. The number of aromatic nitrogens is 3. The van der Waals surface area contributed by atoms with Crippen molar-refractivity contribution >= 4 is 29.0 Å². The highest BCUT2D eigenvalue weighted by atomic mass is 16.5. The number of methoxy groups -OCH3 is 1. The summed E-state index contributed by atoms with van der Waals surface area (Å²) >= 11 is 0. The Hall–Kier alpha value is -4.13. The Morgan fingerprint density at radius 3 is 3.03 bits per heavy atom. The number of H-pyrrole nitrogens is 1. The first-order valence-corrected chi connectivity index (χ1v) is 10.4. The maximum Gasteiger partial charge on any atom is 0.255 e. The Morgan fingerprint density at radius 1 is 1.25 bits per heavy atom.